The van der Waals surface area contributed by atoms with E-state index >= 15 is 0 Å². The van der Waals surface area contributed by atoms with Gasteiger partial charge in [0.2, 0.25) is 0 Å². The standard InChI is InChI=1S/C14H17BrO3/c1-9-4-2-3-5-13(9)18-12-7-10(14(16)17)6-11(15)8-12/h6-9,13H,2-5H2,1H3,(H,16,17). The Morgan fingerprint density at radius 1 is 1.33 bits per heavy atom. The minimum absolute atomic E-state index is 0.203. The van der Waals surface area contributed by atoms with E-state index in [2.05, 4.69) is 22.9 Å². The van der Waals surface area contributed by atoms with Crippen LogP contribution in [-0.4, -0.2) is 17.2 Å². The van der Waals surface area contributed by atoms with Gasteiger partial charge in [-0.15, -0.1) is 0 Å². The summed E-state index contributed by atoms with van der Waals surface area (Å²) < 4.78 is 6.68. The van der Waals surface area contributed by atoms with Crippen molar-refractivity contribution in [3.63, 3.8) is 0 Å². The normalized spacial score (nSPS) is 23.7. The van der Waals surface area contributed by atoms with Gasteiger partial charge in [0.15, 0.2) is 0 Å². The summed E-state index contributed by atoms with van der Waals surface area (Å²) in [6, 6.07) is 5.00. The zero-order valence-electron chi connectivity index (χ0n) is 10.4. The molecule has 2 rings (SSSR count). The molecule has 98 valence electrons. The van der Waals surface area contributed by atoms with Gasteiger partial charge in [-0.05, 0) is 43.4 Å². The van der Waals surface area contributed by atoms with Crippen molar-refractivity contribution in [1.82, 2.24) is 0 Å². The molecule has 2 unspecified atom stereocenters. The highest BCUT2D eigenvalue weighted by atomic mass is 79.9. The van der Waals surface area contributed by atoms with Crippen molar-refractivity contribution in [2.45, 2.75) is 38.7 Å². The molecular weight excluding hydrogens is 296 g/mol. The summed E-state index contributed by atoms with van der Waals surface area (Å²) in [6.45, 7) is 2.19. The minimum atomic E-state index is -0.933. The molecule has 0 amide bonds. The van der Waals surface area contributed by atoms with E-state index in [1.54, 1.807) is 12.1 Å². The van der Waals surface area contributed by atoms with E-state index in [1.807, 2.05) is 6.07 Å². The summed E-state index contributed by atoms with van der Waals surface area (Å²) in [4.78, 5) is 11.0. The molecule has 1 saturated carbocycles. The number of rotatable bonds is 3. The highest BCUT2D eigenvalue weighted by Gasteiger charge is 2.23. The van der Waals surface area contributed by atoms with Crippen LogP contribution < -0.4 is 4.74 Å². The summed E-state index contributed by atoms with van der Waals surface area (Å²) >= 11 is 3.32. The fourth-order valence-electron chi connectivity index (χ4n) is 2.39. The first-order chi connectivity index (χ1) is 8.56. The first kappa shape index (κ1) is 13.4. The summed E-state index contributed by atoms with van der Waals surface area (Å²) in [6.07, 6.45) is 4.89. The third kappa shape index (κ3) is 3.25. The average Bonchev–Trinajstić information content (AvgIpc) is 2.31. The summed E-state index contributed by atoms with van der Waals surface area (Å²) in [7, 11) is 0. The Morgan fingerprint density at radius 3 is 2.72 bits per heavy atom. The maximum atomic E-state index is 11.0. The van der Waals surface area contributed by atoms with Crippen molar-refractivity contribution in [1.29, 1.82) is 0 Å². The molecule has 0 radical (unpaired) electrons. The van der Waals surface area contributed by atoms with Crippen molar-refractivity contribution < 1.29 is 14.6 Å². The number of aromatic carboxylic acids is 1. The molecule has 0 bridgehead atoms. The zero-order chi connectivity index (χ0) is 13.1. The van der Waals surface area contributed by atoms with Crippen LogP contribution >= 0.6 is 15.9 Å². The number of carbonyl (C=O) groups is 1. The molecule has 1 fully saturated rings. The van der Waals surface area contributed by atoms with Crippen molar-refractivity contribution in [3.05, 3.63) is 28.2 Å². The molecule has 1 N–H and O–H groups in total. The maximum absolute atomic E-state index is 11.0. The van der Waals surface area contributed by atoms with Crippen molar-refractivity contribution in [2.75, 3.05) is 0 Å². The van der Waals surface area contributed by atoms with Crippen LogP contribution in [0.1, 0.15) is 43.0 Å². The predicted octanol–water partition coefficient (Wildman–Crippen LogP) is 4.10. The average molecular weight is 313 g/mol. The molecular formula is C14H17BrO3. The van der Waals surface area contributed by atoms with Crippen LogP contribution in [0.4, 0.5) is 0 Å². The number of halogens is 1. The monoisotopic (exact) mass is 312 g/mol. The summed E-state index contributed by atoms with van der Waals surface area (Å²) in [5, 5.41) is 9.02. The fourth-order valence-corrected chi connectivity index (χ4v) is 2.86. The van der Waals surface area contributed by atoms with E-state index in [9.17, 15) is 4.79 Å². The number of ether oxygens (including phenoxy) is 1. The van der Waals surface area contributed by atoms with Gasteiger partial charge >= 0.3 is 5.97 Å². The van der Waals surface area contributed by atoms with Crippen LogP contribution in [0.25, 0.3) is 0 Å². The Balaban J connectivity index is 2.15. The molecule has 0 aliphatic heterocycles. The quantitative estimate of drug-likeness (QED) is 0.913. The van der Waals surface area contributed by atoms with E-state index in [1.165, 1.54) is 19.3 Å². The van der Waals surface area contributed by atoms with Gasteiger partial charge in [-0.25, -0.2) is 4.79 Å². The summed E-state index contributed by atoms with van der Waals surface area (Å²) in [5.41, 5.74) is 0.253. The molecule has 0 spiro atoms. The van der Waals surface area contributed by atoms with Crippen LogP contribution in [0.5, 0.6) is 5.75 Å². The molecule has 1 aromatic rings. The van der Waals surface area contributed by atoms with E-state index < -0.39 is 5.97 Å². The second-order valence-electron chi connectivity index (χ2n) is 4.90. The van der Waals surface area contributed by atoms with Crippen LogP contribution in [0.15, 0.2) is 22.7 Å². The topological polar surface area (TPSA) is 46.5 Å². The van der Waals surface area contributed by atoms with Crippen LogP contribution in [-0.2, 0) is 0 Å². The van der Waals surface area contributed by atoms with Gasteiger partial charge in [-0.2, -0.15) is 0 Å². The zero-order valence-corrected chi connectivity index (χ0v) is 11.9. The molecule has 4 heteroatoms. The highest BCUT2D eigenvalue weighted by Crippen LogP contribution is 2.30. The van der Waals surface area contributed by atoms with Gasteiger partial charge in [-0.1, -0.05) is 29.3 Å². The Morgan fingerprint density at radius 2 is 2.06 bits per heavy atom. The van der Waals surface area contributed by atoms with E-state index in [-0.39, 0.29) is 11.7 Å². The highest BCUT2D eigenvalue weighted by molar-refractivity contribution is 9.10. The van der Waals surface area contributed by atoms with E-state index in [4.69, 9.17) is 9.84 Å². The van der Waals surface area contributed by atoms with Crippen molar-refractivity contribution >= 4 is 21.9 Å². The van der Waals surface area contributed by atoms with Gasteiger partial charge in [0.1, 0.15) is 11.9 Å². The fraction of sp³-hybridized carbons (Fsp3) is 0.500. The molecule has 2 atom stereocenters. The van der Waals surface area contributed by atoms with Gasteiger partial charge < -0.3 is 9.84 Å². The smallest absolute Gasteiger partial charge is 0.335 e. The Bertz CT molecular complexity index is 445. The maximum Gasteiger partial charge on any atom is 0.335 e. The summed E-state index contributed by atoms with van der Waals surface area (Å²) in [5.74, 6) is 0.240. The lowest BCUT2D eigenvalue weighted by Gasteiger charge is -2.29. The molecule has 1 aliphatic carbocycles. The van der Waals surface area contributed by atoms with Gasteiger partial charge in [0, 0.05) is 4.47 Å². The largest absolute Gasteiger partial charge is 0.490 e. The lowest BCUT2D eigenvalue weighted by atomic mass is 9.88. The molecule has 3 nitrogen and oxygen atoms in total. The van der Waals surface area contributed by atoms with E-state index in [0.29, 0.717) is 11.7 Å². The second-order valence-corrected chi connectivity index (χ2v) is 5.81. The lowest BCUT2D eigenvalue weighted by molar-refractivity contribution is 0.0694. The third-order valence-corrected chi connectivity index (χ3v) is 3.90. The predicted molar refractivity (Wildman–Crippen MR) is 73.1 cm³/mol. The van der Waals surface area contributed by atoms with Gasteiger partial charge in [-0.3, -0.25) is 0 Å². The molecule has 1 aromatic carbocycles. The first-order valence-corrected chi connectivity index (χ1v) is 7.06. The lowest BCUT2D eigenvalue weighted by Crippen LogP contribution is -2.28. The Kier molecular flexibility index (Phi) is 4.27. The number of hydrogen-bond acceptors (Lipinski definition) is 2. The molecule has 18 heavy (non-hydrogen) atoms. The number of hydrogen-bond donors (Lipinski definition) is 1. The number of carboxylic acid groups (broad SMARTS) is 1. The van der Waals surface area contributed by atoms with Crippen molar-refractivity contribution in [3.8, 4) is 5.75 Å². The van der Waals surface area contributed by atoms with Crippen LogP contribution in [0.3, 0.4) is 0 Å². The first-order valence-electron chi connectivity index (χ1n) is 6.27. The molecule has 0 aromatic heterocycles. The molecule has 0 saturated heterocycles. The van der Waals surface area contributed by atoms with E-state index in [0.717, 1.165) is 10.9 Å². The molecule has 1 aliphatic rings. The van der Waals surface area contributed by atoms with Gasteiger partial charge in [0.25, 0.3) is 0 Å². The van der Waals surface area contributed by atoms with Crippen LogP contribution in [0.2, 0.25) is 0 Å². The molecule has 0 heterocycles. The number of benzene rings is 1. The minimum Gasteiger partial charge on any atom is -0.490 e. The Hall–Kier alpha value is -1.03. The van der Waals surface area contributed by atoms with Crippen LogP contribution in [0, 0.1) is 5.92 Å². The SMILES string of the molecule is CC1CCCCC1Oc1cc(Br)cc(C(=O)O)c1. The Labute approximate surface area is 115 Å². The third-order valence-electron chi connectivity index (χ3n) is 3.44. The number of carboxylic acids is 1. The van der Waals surface area contributed by atoms with Crippen molar-refractivity contribution in [2.24, 2.45) is 5.92 Å². The second kappa shape index (κ2) is 5.74. The van der Waals surface area contributed by atoms with Gasteiger partial charge in [0.05, 0.1) is 5.56 Å².